The molecule has 1 N–H and O–H groups in total. The summed E-state index contributed by atoms with van der Waals surface area (Å²) in [6, 6.07) is 9.68. The van der Waals surface area contributed by atoms with Crippen LogP contribution in [0.1, 0.15) is 5.56 Å². The van der Waals surface area contributed by atoms with Crippen molar-refractivity contribution in [2.75, 3.05) is 5.32 Å². The van der Waals surface area contributed by atoms with Gasteiger partial charge in [-0.25, -0.2) is 8.78 Å². The lowest BCUT2D eigenvalue weighted by Gasteiger charge is -2.11. The molecule has 1 aromatic heterocycles. The Kier molecular flexibility index (Phi) is 3.43. The molecule has 0 amide bonds. The zero-order valence-corrected chi connectivity index (χ0v) is 11.7. The number of benzene rings is 2. The Balaban J connectivity index is 2.16. The van der Waals surface area contributed by atoms with E-state index in [9.17, 15) is 8.78 Å². The van der Waals surface area contributed by atoms with Crippen LogP contribution in [0.15, 0.2) is 36.4 Å². The number of fused-ring (bicyclic) bond motifs is 1. The second-order valence-electron chi connectivity index (χ2n) is 4.56. The quantitative estimate of drug-likeness (QED) is 0.751. The van der Waals surface area contributed by atoms with Crippen LogP contribution >= 0.6 is 11.6 Å². The molecule has 106 valence electrons. The van der Waals surface area contributed by atoms with Crippen molar-refractivity contribution in [3.8, 4) is 0 Å². The Morgan fingerprint density at radius 2 is 1.71 bits per heavy atom. The number of aryl methyl sites for hydroxylation is 1. The molecule has 6 heteroatoms. The summed E-state index contributed by atoms with van der Waals surface area (Å²) >= 11 is 5.97. The highest BCUT2D eigenvalue weighted by Crippen LogP contribution is 2.30. The largest absolute Gasteiger partial charge is 0.333 e. The minimum Gasteiger partial charge on any atom is -0.333 e. The molecule has 0 aliphatic carbocycles. The summed E-state index contributed by atoms with van der Waals surface area (Å²) in [4.78, 5) is 0. The maximum absolute atomic E-state index is 14.1. The molecule has 0 spiro atoms. The zero-order chi connectivity index (χ0) is 15.0. The summed E-state index contributed by atoms with van der Waals surface area (Å²) in [5.74, 6) is -1.10. The number of nitrogens with one attached hydrogen (secondary N) is 1. The molecule has 0 saturated heterocycles. The highest BCUT2D eigenvalue weighted by atomic mass is 35.5. The van der Waals surface area contributed by atoms with E-state index >= 15 is 0 Å². The molecule has 3 nitrogen and oxygen atoms in total. The third kappa shape index (κ3) is 2.40. The molecule has 0 atom stereocenters. The van der Waals surface area contributed by atoms with Gasteiger partial charge in [0.1, 0.15) is 11.5 Å². The minimum absolute atomic E-state index is 0.237. The summed E-state index contributed by atoms with van der Waals surface area (Å²) in [5.41, 5.74) is 0.0851. The van der Waals surface area contributed by atoms with Crippen molar-refractivity contribution in [3.63, 3.8) is 0 Å². The topological polar surface area (TPSA) is 37.8 Å². The van der Waals surface area contributed by atoms with Gasteiger partial charge in [0, 0.05) is 10.8 Å². The van der Waals surface area contributed by atoms with Gasteiger partial charge in [-0.3, -0.25) is 0 Å². The van der Waals surface area contributed by atoms with E-state index in [1.165, 1.54) is 12.1 Å². The van der Waals surface area contributed by atoms with Crippen molar-refractivity contribution in [2.24, 2.45) is 0 Å². The number of halogens is 3. The maximum Gasteiger partial charge on any atom is 0.161 e. The van der Waals surface area contributed by atoms with Crippen molar-refractivity contribution in [3.05, 3.63) is 58.7 Å². The monoisotopic (exact) mass is 305 g/mol. The fourth-order valence-corrected chi connectivity index (χ4v) is 2.26. The van der Waals surface area contributed by atoms with Crippen LogP contribution in [0, 0.1) is 18.6 Å². The first kappa shape index (κ1) is 13.7. The van der Waals surface area contributed by atoms with Gasteiger partial charge in [-0.15, -0.1) is 10.2 Å². The van der Waals surface area contributed by atoms with Gasteiger partial charge < -0.3 is 5.32 Å². The van der Waals surface area contributed by atoms with Crippen molar-refractivity contribution in [1.82, 2.24) is 10.2 Å². The van der Waals surface area contributed by atoms with Gasteiger partial charge in [0.05, 0.1) is 0 Å². The van der Waals surface area contributed by atoms with Crippen molar-refractivity contribution >= 4 is 33.9 Å². The third-order valence-electron chi connectivity index (χ3n) is 3.17. The first-order chi connectivity index (χ1) is 10.1. The van der Waals surface area contributed by atoms with Crippen molar-refractivity contribution in [1.29, 1.82) is 0 Å². The third-order valence-corrected chi connectivity index (χ3v) is 3.45. The smallest absolute Gasteiger partial charge is 0.161 e. The summed E-state index contributed by atoms with van der Waals surface area (Å²) in [6.07, 6.45) is 0. The lowest BCUT2D eigenvalue weighted by molar-refractivity contribution is 0.584. The number of nitrogens with zero attached hydrogens (tertiary/aromatic N) is 2. The van der Waals surface area contributed by atoms with Gasteiger partial charge in [-0.05, 0) is 18.6 Å². The number of hydrogen-bond donors (Lipinski definition) is 1. The fourth-order valence-electron chi connectivity index (χ4n) is 2.05. The Labute approximate surface area is 124 Å². The molecule has 3 rings (SSSR count). The first-order valence-corrected chi connectivity index (χ1v) is 6.58. The van der Waals surface area contributed by atoms with E-state index in [0.717, 1.165) is 0 Å². The van der Waals surface area contributed by atoms with E-state index in [-0.39, 0.29) is 16.7 Å². The van der Waals surface area contributed by atoms with Gasteiger partial charge in [-0.2, -0.15) is 0 Å². The lowest BCUT2D eigenvalue weighted by atomic mass is 10.1. The van der Waals surface area contributed by atoms with Crippen LogP contribution in [-0.4, -0.2) is 10.2 Å². The second kappa shape index (κ2) is 5.26. The molecule has 0 fully saturated rings. The summed E-state index contributed by atoms with van der Waals surface area (Å²) in [7, 11) is 0. The molecule has 21 heavy (non-hydrogen) atoms. The van der Waals surface area contributed by atoms with E-state index in [4.69, 9.17) is 11.6 Å². The van der Waals surface area contributed by atoms with E-state index < -0.39 is 11.6 Å². The van der Waals surface area contributed by atoms with Gasteiger partial charge >= 0.3 is 0 Å². The SMILES string of the molecule is Cc1ccc(F)c(Nc2nnc(Cl)c3ccccc23)c1F. The van der Waals surface area contributed by atoms with Crippen LogP contribution in [0.3, 0.4) is 0 Å². The minimum atomic E-state index is -0.695. The molecule has 0 unspecified atom stereocenters. The van der Waals surface area contributed by atoms with Crippen molar-refractivity contribution in [2.45, 2.75) is 6.92 Å². The van der Waals surface area contributed by atoms with Gasteiger partial charge in [-0.1, -0.05) is 41.9 Å². The molecule has 3 aromatic rings. The highest BCUT2D eigenvalue weighted by molar-refractivity contribution is 6.34. The van der Waals surface area contributed by atoms with Gasteiger partial charge in [0.15, 0.2) is 16.8 Å². The van der Waals surface area contributed by atoms with Gasteiger partial charge in [0.2, 0.25) is 0 Å². The van der Waals surface area contributed by atoms with Crippen LogP contribution in [0.4, 0.5) is 20.3 Å². The zero-order valence-electron chi connectivity index (χ0n) is 11.0. The average Bonchev–Trinajstić information content (AvgIpc) is 2.50. The van der Waals surface area contributed by atoms with E-state index in [0.29, 0.717) is 16.3 Å². The lowest BCUT2D eigenvalue weighted by Crippen LogP contribution is -2.03. The summed E-state index contributed by atoms with van der Waals surface area (Å²) < 4.78 is 27.9. The Morgan fingerprint density at radius 1 is 1.00 bits per heavy atom. The molecule has 0 aliphatic rings. The molecule has 1 heterocycles. The molecule has 0 aliphatic heterocycles. The van der Waals surface area contributed by atoms with Crippen LogP contribution in [0.5, 0.6) is 0 Å². The molecule has 0 radical (unpaired) electrons. The predicted molar refractivity (Wildman–Crippen MR) is 78.9 cm³/mol. The standard InChI is InChI=1S/C15H10ClF2N3/c1-8-6-7-11(17)13(12(8)18)19-15-10-5-3-2-4-9(10)14(16)20-21-15/h2-7H,1H3,(H,19,21). The molecule has 0 saturated carbocycles. The van der Waals surface area contributed by atoms with Crippen LogP contribution in [0.2, 0.25) is 5.15 Å². The highest BCUT2D eigenvalue weighted by Gasteiger charge is 2.14. The summed E-state index contributed by atoms with van der Waals surface area (Å²) in [5, 5.41) is 11.9. The fraction of sp³-hybridized carbons (Fsp3) is 0.0667. The number of anilines is 2. The van der Waals surface area contributed by atoms with Gasteiger partial charge in [0.25, 0.3) is 0 Å². The molecule has 2 aromatic carbocycles. The maximum atomic E-state index is 14.1. The average molecular weight is 306 g/mol. The Bertz CT molecular complexity index is 837. The van der Waals surface area contributed by atoms with E-state index in [2.05, 4.69) is 15.5 Å². The van der Waals surface area contributed by atoms with E-state index in [1.807, 2.05) is 0 Å². The second-order valence-corrected chi connectivity index (χ2v) is 4.92. The van der Waals surface area contributed by atoms with Crippen molar-refractivity contribution < 1.29 is 8.78 Å². The molecule has 0 bridgehead atoms. The number of aromatic nitrogens is 2. The van der Waals surface area contributed by atoms with Crippen LogP contribution in [0.25, 0.3) is 10.8 Å². The molecular formula is C15H10ClF2N3. The van der Waals surface area contributed by atoms with Crippen LogP contribution < -0.4 is 5.32 Å². The summed E-state index contributed by atoms with van der Waals surface area (Å²) in [6.45, 7) is 1.56. The number of hydrogen-bond acceptors (Lipinski definition) is 3. The number of rotatable bonds is 2. The Morgan fingerprint density at radius 3 is 2.48 bits per heavy atom. The Hall–Kier alpha value is -2.27. The van der Waals surface area contributed by atoms with E-state index in [1.54, 1.807) is 31.2 Å². The molecular weight excluding hydrogens is 296 g/mol. The predicted octanol–water partition coefficient (Wildman–Crippen LogP) is 4.61. The normalized spacial score (nSPS) is 10.9. The first-order valence-electron chi connectivity index (χ1n) is 6.20. The van der Waals surface area contributed by atoms with Crippen LogP contribution in [-0.2, 0) is 0 Å².